The highest BCUT2D eigenvalue weighted by Crippen LogP contribution is 2.09. The molecule has 0 aromatic carbocycles. The number of nitrogens with zero attached hydrogens (tertiary/aromatic N) is 1. The van der Waals surface area contributed by atoms with Crippen molar-refractivity contribution < 1.29 is 0 Å². The van der Waals surface area contributed by atoms with Gasteiger partial charge in [-0.1, -0.05) is 0 Å². The van der Waals surface area contributed by atoms with Crippen LogP contribution in [0.15, 0.2) is 0 Å². The summed E-state index contributed by atoms with van der Waals surface area (Å²) in [5.41, 5.74) is 0. The van der Waals surface area contributed by atoms with Gasteiger partial charge in [-0.25, -0.2) is 0 Å². The molecular weight excluding hydrogens is 98.1 g/mol. The molecule has 1 unspecified atom stereocenters. The molecule has 0 bridgehead atoms. The second kappa shape index (κ2) is 2.49. The third kappa shape index (κ3) is 1.22. The second-order valence-corrected chi connectivity index (χ2v) is 2.59. The lowest BCUT2D eigenvalue weighted by Crippen LogP contribution is -2.27. The lowest BCUT2D eigenvalue weighted by atomic mass is 10.3. The molecule has 0 saturated carbocycles. The summed E-state index contributed by atoms with van der Waals surface area (Å²) in [6, 6.07) is 0.525. The van der Waals surface area contributed by atoms with Gasteiger partial charge in [-0.3, -0.25) is 0 Å². The summed E-state index contributed by atoms with van der Waals surface area (Å²) in [5, 5.41) is 0. The molecule has 0 aromatic rings. The monoisotopic (exact) mass is 112 g/mol. The summed E-state index contributed by atoms with van der Waals surface area (Å²) in [6.45, 7) is 8.64. The van der Waals surface area contributed by atoms with Crippen LogP contribution in [0.3, 0.4) is 0 Å². The summed E-state index contributed by atoms with van der Waals surface area (Å²) >= 11 is 0. The van der Waals surface area contributed by atoms with Crippen molar-refractivity contribution in [2.24, 2.45) is 0 Å². The smallest absolute Gasteiger partial charge is 0.00675 e. The molecule has 0 aliphatic carbocycles. The third-order valence-corrected chi connectivity index (χ3v) is 1.76. The van der Waals surface area contributed by atoms with Gasteiger partial charge in [0.1, 0.15) is 0 Å². The van der Waals surface area contributed by atoms with Crippen LogP contribution >= 0.6 is 0 Å². The number of hydrogen-bond donors (Lipinski definition) is 0. The molecule has 0 spiro atoms. The molecule has 1 heterocycles. The molecular formula is C7H14N. The van der Waals surface area contributed by atoms with Gasteiger partial charge < -0.3 is 4.90 Å². The van der Waals surface area contributed by atoms with E-state index in [0.29, 0.717) is 6.04 Å². The van der Waals surface area contributed by atoms with E-state index < -0.39 is 0 Å². The van der Waals surface area contributed by atoms with E-state index in [1.54, 1.807) is 0 Å². The molecule has 1 aliphatic heterocycles. The Morgan fingerprint density at radius 1 is 1.38 bits per heavy atom. The first-order chi connectivity index (χ1) is 3.80. The lowest BCUT2D eigenvalue weighted by Gasteiger charge is -2.18. The van der Waals surface area contributed by atoms with Crippen molar-refractivity contribution in [2.45, 2.75) is 25.8 Å². The molecule has 0 amide bonds. The number of hydrogen-bond acceptors (Lipinski definition) is 1. The van der Waals surface area contributed by atoms with E-state index in [0.717, 1.165) is 0 Å². The third-order valence-electron chi connectivity index (χ3n) is 1.76. The van der Waals surface area contributed by atoms with E-state index >= 15 is 0 Å². The van der Waals surface area contributed by atoms with Gasteiger partial charge in [-0.05, 0) is 39.8 Å². The topological polar surface area (TPSA) is 3.24 Å². The van der Waals surface area contributed by atoms with Gasteiger partial charge >= 0.3 is 0 Å². The normalized spacial score (nSPS) is 22.9. The van der Waals surface area contributed by atoms with Crippen LogP contribution in [0.4, 0.5) is 0 Å². The van der Waals surface area contributed by atoms with Gasteiger partial charge in [0.15, 0.2) is 0 Å². The van der Waals surface area contributed by atoms with E-state index in [1.807, 2.05) is 0 Å². The number of likely N-dealkylation sites (tertiary alicyclic amines) is 1. The average Bonchev–Trinajstić information content (AvgIpc) is 2.12. The molecule has 1 atom stereocenters. The highest BCUT2D eigenvalue weighted by atomic mass is 15.2. The van der Waals surface area contributed by atoms with Crippen molar-refractivity contribution in [2.75, 3.05) is 13.1 Å². The summed E-state index contributed by atoms with van der Waals surface area (Å²) in [4.78, 5) is 2.42. The highest BCUT2D eigenvalue weighted by molar-refractivity contribution is 4.73. The molecule has 1 fully saturated rings. The van der Waals surface area contributed by atoms with Crippen LogP contribution in [0.1, 0.15) is 19.8 Å². The average molecular weight is 112 g/mol. The minimum Gasteiger partial charge on any atom is -0.301 e. The van der Waals surface area contributed by atoms with Crippen LogP contribution in [0.2, 0.25) is 0 Å². The lowest BCUT2D eigenvalue weighted by molar-refractivity contribution is 0.298. The standard InChI is InChI=1S/C7H14N/c1-7(2)8-5-3-4-6-8/h7H,1,3-6H2,2H3. The van der Waals surface area contributed by atoms with E-state index in [4.69, 9.17) is 0 Å². The Morgan fingerprint density at radius 3 is 2.12 bits per heavy atom. The van der Waals surface area contributed by atoms with Crippen LogP contribution in [0.25, 0.3) is 0 Å². The maximum Gasteiger partial charge on any atom is 0.00675 e. The largest absolute Gasteiger partial charge is 0.301 e. The van der Waals surface area contributed by atoms with E-state index in [2.05, 4.69) is 18.7 Å². The first-order valence-corrected chi connectivity index (χ1v) is 3.38. The molecule has 1 saturated heterocycles. The maximum atomic E-state index is 3.95. The summed E-state index contributed by atoms with van der Waals surface area (Å²) in [7, 11) is 0. The number of rotatable bonds is 1. The minimum atomic E-state index is 0.525. The Morgan fingerprint density at radius 2 is 1.88 bits per heavy atom. The fourth-order valence-electron chi connectivity index (χ4n) is 1.18. The van der Waals surface area contributed by atoms with Gasteiger partial charge in [0.05, 0.1) is 0 Å². The fraction of sp³-hybridized carbons (Fsp3) is 0.857. The molecule has 1 heteroatoms. The van der Waals surface area contributed by atoms with Crippen molar-refractivity contribution in [1.82, 2.24) is 4.90 Å². The summed E-state index contributed by atoms with van der Waals surface area (Å²) in [6.07, 6.45) is 2.75. The highest BCUT2D eigenvalue weighted by Gasteiger charge is 2.13. The Kier molecular flexibility index (Phi) is 1.90. The molecule has 1 radical (unpaired) electrons. The van der Waals surface area contributed by atoms with Gasteiger partial charge in [-0.15, -0.1) is 0 Å². The molecule has 1 nitrogen and oxygen atoms in total. The van der Waals surface area contributed by atoms with E-state index in [9.17, 15) is 0 Å². The first kappa shape index (κ1) is 6.09. The van der Waals surface area contributed by atoms with Crippen LogP contribution in [0, 0.1) is 6.92 Å². The predicted octanol–water partition coefficient (Wildman–Crippen LogP) is 1.30. The van der Waals surface area contributed by atoms with Crippen molar-refractivity contribution >= 4 is 0 Å². The molecule has 47 valence electrons. The Hall–Kier alpha value is -0.0400. The SMILES string of the molecule is [CH2]C(C)N1CCCC1. The summed E-state index contributed by atoms with van der Waals surface area (Å²) in [5.74, 6) is 0. The van der Waals surface area contributed by atoms with Gasteiger partial charge in [0.25, 0.3) is 0 Å². The maximum absolute atomic E-state index is 3.95. The van der Waals surface area contributed by atoms with Gasteiger partial charge in [-0.2, -0.15) is 0 Å². The Bertz CT molecular complexity index is 62.8. The minimum absolute atomic E-state index is 0.525. The van der Waals surface area contributed by atoms with Crippen molar-refractivity contribution in [1.29, 1.82) is 0 Å². The Balaban J connectivity index is 2.24. The molecule has 1 rings (SSSR count). The predicted molar refractivity (Wildman–Crippen MR) is 35.6 cm³/mol. The van der Waals surface area contributed by atoms with Gasteiger partial charge in [0.2, 0.25) is 0 Å². The van der Waals surface area contributed by atoms with Crippen LogP contribution in [0.5, 0.6) is 0 Å². The summed E-state index contributed by atoms with van der Waals surface area (Å²) < 4.78 is 0. The second-order valence-electron chi connectivity index (χ2n) is 2.59. The molecule has 1 aliphatic rings. The fourth-order valence-corrected chi connectivity index (χ4v) is 1.18. The van der Waals surface area contributed by atoms with E-state index in [1.165, 1.54) is 25.9 Å². The zero-order chi connectivity index (χ0) is 5.98. The quantitative estimate of drug-likeness (QED) is 0.494. The Labute approximate surface area is 51.7 Å². The van der Waals surface area contributed by atoms with Crippen molar-refractivity contribution in [3.8, 4) is 0 Å². The van der Waals surface area contributed by atoms with Crippen LogP contribution in [-0.2, 0) is 0 Å². The van der Waals surface area contributed by atoms with Crippen molar-refractivity contribution in [3.63, 3.8) is 0 Å². The van der Waals surface area contributed by atoms with Crippen LogP contribution in [-0.4, -0.2) is 24.0 Å². The van der Waals surface area contributed by atoms with E-state index in [-0.39, 0.29) is 0 Å². The molecule has 0 N–H and O–H groups in total. The van der Waals surface area contributed by atoms with Crippen molar-refractivity contribution in [3.05, 3.63) is 6.92 Å². The molecule has 8 heavy (non-hydrogen) atoms. The van der Waals surface area contributed by atoms with Gasteiger partial charge in [0, 0.05) is 6.04 Å². The zero-order valence-electron chi connectivity index (χ0n) is 5.56. The molecule has 0 aromatic heterocycles. The van der Waals surface area contributed by atoms with Crippen LogP contribution < -0.4 is 0 Å². The zero-order valence-corrected chi connectivity index (χ0v) is 5.56. The first-order valence-electron chi connectivity index (χ1n) is 3.38.